The lowest BCUT2D eigenvalue weighted by Gasteiger charge is -2.04. The lowest BCUT2D eigenvalue weighted by Crippen LogP contribution is -1.89. The van der Waals surface area contributed by atoms with Gasteiger partial charge in [0.05, 0.1) is 0 Å². The summed E-state index contributed by atoms with van der Waals surface area (Å²) in [4.78, 5) is 0. The molecule has 0 fully saturated rings. The molecule has 0 spiro atoms. The summed E-state index contributed by atoms with van der Waals surface area (Å²) in [6.07, 6.45) is 14.2. The van der Waals surface area contributed by atoms with Crippen molar-refractivity contribution in [1.82, 2.24) is 0 Å². The molecule has 0 saturated heterocycles. The van der Waals surface area contributed by atoms with Crippen molar-refractivity contribution in [2.75, 3.05) is 0 Å². The van der Waals surface area contributed by atoms with Crippen LogP contribution in [0.15, 0.2) is 12.2 Å². The number of hydrogen-bond acceptors (Lipinski definition) is 0. The summed E-state index contributed by atoms with van der Waals surface area (Å²) in [7, 11) is 0. The van der Waals surface area contributed by atoms with Crippen LogP contribution in [0, 0.1) is 5.92 Å². The lowest BCUT2D eigenvalue weighted by atomic mass is 10.0. The van der Waals surface area contributed by atoms with Crippen LogP contribution in [-0.2, 0) is 0 Å². The predicted octanol–water partition coefficient (Wildman–Crippen LogP) is 4.95. The Bertz CT molecular complexity index is 113. The Kier molecular flexibility index (Phi) is 9.63. The summed E-state index contributed by atoms with van der Waals surface area (Å²) in [5, 5.41) is 0. The van der Waals surface area contributed by atoms with Crippen LogP contribution in [0.1, 0.15) is 65.7 Å². The van der Waals surface area contributed by atoms with Crippen LogP contribution in [0.3, 0.4) is 0 Å². The standard InChI is InChI=1S/C13H26/c1-4-6-8-10-12-13(3)11-9-7-5-2/h10,12-13H,4-9,11H2,1-3H3/b12-10-/t13-/m1/s1. The third-order valence-corrected chi connectivity index (χ3v) is 2.45. The van der Waals surface area contributed by atoms with Crippen LogP contribution in [-0.4, -0.2) is 0 Å². The molecule has 0 aliphatic heterocycles. The Hall–Kier alpha value is -0.260. The minimum Gasteiger partial charge on any atom is -0.0883 e. The SMILES string of the molecule is CCCC/C=C\[C@H](C)CCCCC. The van der Waals surface area contributed by atoms with E-state index in [4.69, 9.17) is 0 Å². The van der Waals surface area contributed by atoms with Gasteiger partial charge in [0.2, 0.25) is 0 Å². The Morgan fingerprint density at radius 1 is 1.00 bits per heavy atom. The third kappa shape index (κ3) is 9.66. The molecule has 0 N–H and O–H groups in total. The van der Waals surface area contributed by atoms with Crippen LogP contribution in [0.25, 0.3) is 0 Å². The summed E-state index contributed by atoms with van der Waals surface area (Å²) < 4.78 is 0. The Morgan fingerprint density at radius 2 is 1.69 bits per heavy atom. The first-order valence-electron chi connectivity index (χ1n) is 5.97. The largest absolute Gasteiger partial charge is 0.0883 e. The van der Waals surface area contributed by atoms with Gasteiger partial charge in [-0.05, 0) is 18.8 Å². The van der Waals surface area contributed by atoms with E-state index in [1.165, 1.54) is 44.9 Å². The predicted molar refractivity (Wildman–Crippen MR) is 62.0 cm³/mol. The molecule has 1 atom stereocenters. The van der Waals surface area contributed by atoms with Gasteiger partial charge in [-0.15, -0.1) is 0 Å². The van der Waals surface area contributed by atoms with E-state index in [1.54, 1.807) is 0 Å². The number of unbranched alkanes of at least 4 members (excludes halogenated alkanes) is 4. The van der Waals surface area contributed by atoms with Crippen molar-refractivity contribution in [3.8, 4) is 0 Å². The number of allylic oxidation sites excluding steroid dienone is 2. The molecule has 0 heterocycles. The van der Waals surface area contributed by atoms with Gasteiger partial charge >= 0.3 is 0 Å². The molecule has 0 rings (SSSR count). The fraction of sp³-hybridized carbons (Fsp3) is 0.846. The second-order valence-corrected chi connectivity index (χ2v) is 4.04. The van der Waals surface area contributed by atoms with Crippen molar-refractivity contribution in [3.63, 3.8) is 0 Å². The van der Waals surface area contributed by atoms with Gasteiger partial charge in [0.15, 0.2) is 0 Å². The van der Waals surface area contributed by atoms with Gasteiger partial charge in [-0.3, -0.25) is 0 Å². The molecule has 0 saturated carbocycles. The quantitative estimate of drug-likeness (QED) is 0.368. The van der Waals surface area contributed by atoms with Gasteiger partial charge in [0, 0.05) is 0 Å². The molecule has 78 valence electrons. The highest BCUT2D eigenvalue weighted by atomic mass is 14.0. The first-order valence-corrected chi connectivity index (χ1v) is 5.97. The molecule has 0 unspecified atom stereocenters. The molecule has 0 aromatic rings. The molecule has 0 aliphatic carbocycles. The van der Waals surface area contributed by atoms with Gasteiger partial charge in [-0.1, -0.05) is 65.0 Å². The topological polar surface area (TPSA) is 0 Å². The number of hydrogen-bond donors (Lipinski definition) is 0. The van der Waals surface area contributed by atoms with E-state index < -0.39 is 0 Å². The number of rotatable bonds is 8. The molecule has 0 amide bonds. The fourth-order valence-electron chi connectivity index (χ4n) is 1.46. The van der Waals surface area contributed by atoms with E-state index in [-0.39, 0.29) is 0 Å². The fourth-order valence-corrected chi connectivity index (χ4v) is 1.46. The molecule has 0 radical (unpaired) electrons. The van der Waals surface area contributed by atoms with E-state index in [2.05, 4.69) is 32.9 Å². The van der Waals surface area contributed by atoms with Crippen LogP contribution in [0.4, 0.5) is 0 Å². The second kappa shape index (κ2) is 9.83. The van der Waals surface area contributed by atoms with E-state index in [1.807, 2.05) is 0 Å². The zero-order valence-corrected chi connectivity index (χ0v) is 9.68. The molecule has 0 aliphatic rings. The van der Waals surface area contributed by atoms with Gasteiger partial charge < -0.3 is 0 Å². The van der Waals surface area contributed by atoms with Gasteiger partial charge in [0.25, 0.3) is 0 Å². The van der Waals surface area contributed by atoms with E-state index >= 15 is 0 Å². The minimum absolute atomic E-state index is 0.795. The summed E-state index contributed by atoms with van der Waals surface area (Å²) in [6, 6.07) is 0. The maximum Gasteiger partial charge on any atom is -0.0262 e. The normalized spacial score (nSPS) is 13.8. The molecule has 0 nitrogen and oxygen atoms in total. The second-order valence-electron chi connectivity index (χ2n) is 4.04. The van der Waals surface area contributed by atoms with Crippen molar-refractivity contribution in [2.45, 2.75) is 65.7 Å². The molecule has 0 bridgehead atoms. The maximum absolute atomic E-state index is 2.39. The Balaban J connectivity index is 3.27. The molecule has 13 heavy (non-hydrogen) atoms. The zero-order chi connectivity index (χ0) is 9.94. The average molecular weight is 182 g/mol. The van der Waals surface area contributed by atoms with E-state index in [0.29, 0.717) is 0 Å². The highest BCUT2D eigenvalue weighted by Crippen LogP contribution is 2.11. The van der Waals surface area contributed by atoms with Crippen molar-refractivity contribution < 1.29 is 0 Å². The van der Waals surface area contributed by atoms with Crippen LogP contribution in [0.2, 0.25) is 0 Å². The molecular formula is C13H26. The average Bonchev–Trinajstić information content (AvgIpc) is 2.13. The Morgan fingerprint density at radius 3 is 2.31 bits per heavy atom. The van der Waals surface area contributed by atoms with Gasteiger partial charge in [-0.2, -0.15) is 0 Å². The van der Waals surface area contributed by atoms with Crippen molar-refractivity contribution in [3.05, 3.63) is 12.2 Å². The minimum atomic E-state index is 0.795. The van der Waals surface area contributed by atoms with Gasteiger partial charge in [0.1, 0.15) is 0 Å². The van der Waals surface area contributed by atoms with Crippen LogP contribution in [0.5, 0.6) is 0 Å². The lowest BCUT2D eigenvalue weighted by molar-refractivity contribution is 0.574. The summed E-state index contributed by atoms with van der Waals surface area (Å²) in [5.41, 5.74) is 0. The summed E-state index contributed by atoms with van der Waals surface area (Å²) >= 11 is 0. The summed E-state index contributed by atoms with van der Waals surface area (Å²) in [5.74, 6) is 0.795. The van der Waals surface area contributed by atoms with Crippen molar-refractivity contribution >= 4 is 0 Å². The zero-order valence-electron chi connectivity index (χ0n) is 9.68. The maximum atomic E-state index is 2.39. The van der Waals surface area contributed by atoms with E-state index in [0.717, 1.165) is 5.92 Å². The molecule has 0 heteroatoms. The molecular weight excluding hydrogens is 156 g/mol. The van der Waals surface area contributed by atoms with Crippen molar-refractivity contribution in [1.29, 1.82) is 0 Å². The first kappa shape index (κ1) is 12.7. The van der Waals surface area contributed by atoms with Crippen LogP contribution >= 0.6 is 0 Å². The van der Waals surface area contributed by atoms with Gasteiger partial charge in [-0.25, -0.2) is 0 Å². The molecule has 0 aromatic carbocycles. The monoisotopic (exact) mass is 182 g/mol. The third-order valence-electron chi connectivity index (χ3n) is 2.45. The molecule has 0 aromatic heterocycles. The first-order chi connectivity index (χ1) is 6.31. The van der Waals surface area contributed by atoms with Crippen molar-refractivity contribution in [2.24, 2.45) is 5.92 Å². The van der Waals surface area contributed by atoms with E-state index in [9.17, 15) is 0 Å². The summed E-state index contributed by atoms with van der Waals surface area (Å²) in [6.45, 7) is 6.85. The highest BCUT2D eigenvalue weighted by molar-refractivity contribution is 4.85. The highest BCUT2D eigenvalue weighted by Gasteiger charge is 1.95. The Labute approximate surface area is 84.4 Å². The smallest absolute Gasteiger partial charge is 0.0262 e. The van der Waals surface area contributed by atoms with Crippen LogP contribution < -0.4 is 0 Å².